The zero-order valence-electron chi connectivity index (χ0n) is 13.5. The van der Waals surface area contributed by atoms with Crippen molar-refractivity contribution in [3.05, 3.63) is 46.2 Å². The first kappa shape index (κ1) is 16.5. The van der Waals surface area contributed by atoms with Crippen LogP contribution in [-0.2, 0) is 13.6 Å². The van der Waals surface area contributed by atoms with Crippen molar-refractivity contribution >= 4 is 17.0 Å². The van der Waals surface area contributed by atoms with Gasteiger partial charge in [-0.05, 0) is 18.6 Å². The van der Waals surface area contributed by atoms with Gasteiger partial charge in [0.25, 0.3) is 0 Å². The van der Waals surface area contributed by atoms with Gasteiger partial charge in [-0.2, -0.15) is 0 Å². The normalized spacial score (nSPS) is 21.2. The maximum absolute atomic E-state index is 12.6. The van der Waals surface area contributed by atoms with E-state index in [0.717, 1.165) is 5.52 Å². The van der Waals surface area contributed by atoms with E-state index in [0.29, 0.717) is 23.9 Å². The minimum Gasteiger partial charge on any atom is -0.465 e. The minimum atomic E-state index is -0.990. The van der Waals surface area contributed by atoms with Crippen molar-refractivity contribution in [3.63, 3.8) is 0 Å². The Bertz CT molecular complexity index is 817. The summed E-state index contributed by atoms with van der Waals surface area (Å²) in [6.07, 6.45) is 0.557. The number of aryl methyl sites for hydroxylation is 1. The van der Waals surface area contributed by atoms with E-state index < -0.39 is 12.2 Å². The van der Waals surface area contributed by atoms with Crippen molar-refractivity contribution in [1.82, 2.24) is 14.8 Å². The SMILES string of the molecule is Cn1cc(CNC2CN(C(=O)O)CCC2O)c(=O)c2ccccc21. The first-order valence-corrected chi connectivity index (χ1v) is 7.94. The van der Waals surface area contributed by atoms with Crippen LogP contribution in [0.2, 0.25) is 0 Å². The third kappa shape index (κ3) is 3.13. The number of benzene rings is 1. The molecule has 0 bridgehead atoms. The van der Waals surface area contributed by atoms with E-state index in [2.05, 4.69) is 5.32 Å². The number of carboxylic acid groups (broad SMARTS) is 1. The van der Waals surface area contributed by atoms with Gasteiger partial charge in [0, 0.05) is 43.8 Å². The van der Waals surface area contributed by atoms with Gasteiger partial charge in [-0.15, -0.1) is 0 Å². The number of nitrogens with one attached hydrogen (secondary N) is 1. The van der Waals surface area contributed by atoms with Gasteiger partial charge < -0.3 is 25.0 Å². The first-order valence-electron chi connectivity index (χ1n) is 7.94. The fraction of sp³-hybridized carbons (Fsp3) is 0.412. The lowest BCUT2D eigenvalue weighted by Gasteiger charge is -2.35. The number of para-hydroxylation sites is 1. The predicted molar refractivity (Wildman–Crippen MR) is 90.0 cm³/mol. The van der Waals surface area contributed by atoms with Crippen LogP contribution >= 0.6 is 0 Å². The quantitative estimate of drug-likeness (QED) is 0.771. The van der Waals surface area contributed by atoms with Gasteiger partial charge in [0.05, 0.1) is 17.7 Å². The molecule has 3 N–H and O–H groups in total. The van der Waals surface area contributed by atoms with E-state index in [-0.39, 0.29) is 24.6 Å². The number of amides is 1. The van der Waals surface area contributed by atoms with E-state index >= 15 is 0 Å². The molecule has 7 nitrogen and oxygen atoms in total. The van der Waals surface area contributed by atoms with Crippen LogP contribution in [0.25, 0.3) is 10.9 Å². The van der Waals surface area contributed by atoms with Gasteiger partial charge in [-0.3, -0.25) is 4.79 Å². The monoisotopic (exact) mass is 331 g/mol. The highest BCUT2D eigenvalue weighted by atomic mass is 16.4. The largest absolute Gasteiger partial charge is 0.465 e. The highest BCUT2D eigenvalue weighted by Crippen LogP contribution is 2.13. The molecule has 0 saturated carbocycles. The molecule has 0 radical (unpaired) electrons. The molecule has 1 aromatic heterocycles. The Kier molecular flexibility index (Phi) is 4.55. The molecule has 1 amide bonds. The number of aromatic nitrogens is 1. The van der Waals surface area contributed by atoms with E-state index in [9.17, 15) is 14.7 Å². The van der Waals surface area contributed by atoms with Gasteiger partial charge in [-0.25, -0.2) is 4.79 Å². The number of piperidine rings is 1. The molecule has 0 spiro atoms. The Morgan fingerprint density at radius 3 is 2.88 bits per heavy atom. The molecule has 2 aromatic rings. The highest BCUT2D eigenvalue weighted by Gasteiger charge is 2.29. The average Bonchev–Trinajstić information content (AvgIpc) is 2.58. The van der Waals surface area contributed by atoms with Gasteiger partial charge in [0.15, 0.2) is 5.43 Å². The molecular formula is C17H21N3O4. The number of hydrogen-bond donors (Lipinski definition) is 3. The van der Waals surface area contributed by atoms with Crippen LogP contribution in [0.4, 0.5) is 4.79 Å². The summed E-state index contributed by atoms with van der Waals surface area (Å²) in [5, 5.41) is 23.0. The molecule has 1 aliphatic rings. The molecule has 3 rings (SSSR count). The standard InChI is InChI=1S/C17H21N3O4/c1-19-9-11(16(22)12-4-2-3-5-14(12)19)8-18-13-10-20(17(23)24)7-6-15(13)21/h2-5,9,13,15,18,21H,6-8,10H2,1H3,(H,23,24). The van der Waals surface area contributed by atoms with Crippen molar-refractivity contribution in [2.45, 2.75) is 25.1 Å². The molecule has 7 heteroatoms. The number of fused-ring (bicyclic) bond motifs is 1. The summed E-state index contributed by atoms with van der Waals surface area (Å²) < 4.78 is 1.90. The number of carbonyl (C=O) groups is 1. The second-order valence-electron chi connectivity index (χ2n) is 6.18. The Morgan fingerprint density at radius 2 is 2.12 bits per heavy atom. The summed E-state index contributed by atoms with van der Waals surface area (Å²) in [4.78, 5) is 25.0. The third-order valence-corrected chi connectivity index (χ3v) is 4.57. The summed E-state index contributed by atoms with van der Waals surface area (Å²) in [5.41, 5.74) is 1.41. The molecule has 1 aliphatic heterocycles. The summed E-state index contributed by atoms with van der Waals surface area (Å²) in [5.74, 6) is 0. The Morgan fingerprint density at radius 1 is 1.38 bits per heavy atom. The molecule has 1 fully saturated rings. The van der Waals surface area contributed by atoms with Crippen LogP contribution < -0.4 is 10.7 Å². The lowest BCUT2D eigenvalue weighted by Crippen LogP contribution is -2.54. The smallest absolute Gasteiger partial charge is 0.407 e. The number of nitrogens with zero attached hydrogens (tertiary/aromatic N) is 2. The maximum atomic E-state index is 12.6. The lowest BCUT2D eigenvalue weighted by molar-refractivity contribution is 0.0472. The molecule has 1 aromatic carbocycles. The molecule has 2 atom stereocenters. The van der Waals surface area contributed by atoms with E-state index in [4.69, 9.17) is 5.11 Å². The zero-order valence-corrected chi connectivity index (χ0v) is 13.5. The average molecular weight is 331 g/mol. The number of hydrogen-bond acceptors (Lipinski definition) is 4. The fourth-order valence-corrected chi connectivity index (χ4v) is 3.19. The van der Waals surface area contributed by atoms with E-state index in [1.807, 2.05) is 29.8 Å². The van der Waals surface area contributed by atoms with Crippen molar-refractivity contribution in [3.8, 4) is 0 Å². The molecule has 2 heterocycles. The van der Waals surface area contributed by atoms with Crippen molar-refractivity contribution in [1.29, 1.82) is 0 Å². The number of pyridine rings is 1. The van der Waals surface area contributed by atoms with Gasteiger partial charge >= 0.3 is 6.09 Å². The second kappa shape index (κ2) is 6.62. The molecular weight excluding hydrogens is 310 g/mol. The van der Waals surface area contributed by atoms with Crippen molar-refractivity contribution < 1.29 is 15.0 Å². The fourth-order valence-electron chi connectivity index (χ4n) is 3.19. The number of rotatable bonds is 3. The summed E-state index contributed by atoms with van der Waals surface area (Å²) in [6.45, 7) is 0.823. The number of likely N-dealkylation sites (tertiary alicyclic amines) is 1. The molecule has 1 saturated heterocycles. The van der Waals surface area contributed by atoms with E-state index in [1.54, 1.807) is 12.3 Å². The van der Waals surface area contributed by atoms with E-state index in [1.165, 1.54) is 4.90 Å². The Balaban J connectivity index is 1.79. The number of aliphatic hydroxyl groups is 1. The first-order chi connectivity index (χ1) is 11.5. The van der Waals surface area contributed by atoms with Crippen LogP contribution in [0.1, 0.15) is 12.0 Å². The van der Waals surface area contributed by atoms with Crippen LogP contribution in [0, 0.1) is 0 Å². The predicted octanol–water partition coefficient (Wildman–Crippen LogP) is 0.741. The number of aliphatic hydroxyl groups excluding tert-OH is 1. The molecule has 2 unspecified atom stereocenters. The summed E-state index contributed by atoms with van der Waals surface area (Å²) in [6, 6.07) is 7.02. The maximum Gasteiger partial charge on any atom is 0.407 e. The van der Waals surface area contributed by atoms with Crippen LogP contribution in [-0.4, -0.2) is 51.0 Å². The van der Waals surface area contributed by atoms with Gasteiger partial charge in [0.2, 0.25) is 0 Å². The van der Waals surface area contributed by atoms with Gasteiger partial charge in [0.1, 0.15) is 0 Å². The zero-order chi connectivity index (χ0) is 17.3. The van der Waals surface area contributed by atoms with Crippen LogP contribution in [0.3, 0.4) is 0 Å². The molecule has 128 valence electrons. The summed E-state index contributed by atoms with van der Waals surface area (Å²) >= 11 is 0. The van der Waals surface area contributed by atoms with Gasteiger partial charge in [-0.1, -0.05) is 12.1 Å². The Hall–Kier alpha value is -2.38. The molecule has 24 heavy (non-hydrogen) atoms. The topological polar surface area (TPSA) is 94.8 Å². The molecule has 0 aliphatic carbocycles. The highest BCUT2D eigenvalue weighted by molar-refractivity contribution is 5.79. The van der Waals surface area contributed by atoms with Crippen molar-refractivity contribution in [2.24, 2.45) is 7.05 Å². The summed E-state index contributed by atoms with van der Waals surface area (Å²) in [7, 11) is 1.88. The third-order valence-electron chi connectivity index (χ3n) is 4.57. The second-order valence-corrected chi connectivity index (χ2v) is 6.18. The van der Waals surface area contributed by atoms with Crippen LogP contribution in [0.15, 0.2) is 35.3 Å². The van der Waals surface area contributed by atoms with Crippen molar-refractivity contribution in [2.75, 3.05) is 13.1 Å². The lowest BCUT2D eigenvalue weighted by atomic mass is 10.0. The van der Waals surface area contributed by atoms with Crippen LogP contribution in [0.5, 0.6) is 0 Å². The Labute approximate surface area is 139 Å². The minimum absolute atomic E-state index is 0.0448.